The summed E-state index contributed by atoms with van der Waals surface area (Å²) < 4.78 is 0. The molecular formula is C14H12N2. The Hall–Kier alpha value is -2.09. The Bertz CT molecular complexity index is 687. The number of aromatic nitrogens is 1. The maximum atomic E-state index is 5.78. The topological polar surface area (TPSA) is 38.9 Å². The van der Waals surface area contributed by atoms with Crippen molar-refractivity contribution in [2.45, 2.75) is 6.92 Å². The minimum absolute atomic E-state index is 0.780. The molecule has 0 fully saturated rings. The van der Waals surface area contributed by atoms with Crippen molar-refractivity contribution < 1.29 is 0 Å². The maximum absolute atomic E-state index is 5.78. The van der Waals surface area contributed by atoms with Crippen molar-refractivity contribution in [3.63, 3.8) is 0 Å². The first kappa shape index (κ1) is 9.16. The summed E-state index contributed by atoms with van der Waals surface area (Å²) in [6.07, 6.45) is 0. The Kier molecular flexibility index (Phi) is 1.83. The first-order valence-corrected chi connectivity index (χ1v) is 5.30. The number of nitrogen functional groups attached to an aromatic ring is 1. The summed E-state index contributed by atoms with van der Waals surface area (Å²) in [6.45, 7) is 2.10. The van der Waals surface area contributed by atoms with E-state index in [1.54, 1.807) is 0 Å². The van der Waals surface area contributed by atoms with E-state index in [0.29, 0.717) is 0 Å². The van der Waals surface area contributed by atoms with Crippen LogP contribution in [-0.2, 0) is 0 Å². The Morgan fingerprint density at radius 2 is 1.88 bits per heavy atom. The molecular weight excluding hydrogens is 196 g/mol. The molecule has 0 atom stereocenters. The molecule has 2 N–H and O–H groups in total. The number of hydrogen-bond donors (Lipinski definition) is 1. The normalized spacial score (nSPS) is 11.1. The van der Waals surface area contributed by atoms with Gasteiger partial charge >= 0.3 is 0 Å². The fourth-order valence-electron chi connectivity index (χ4n) is 2.03. The summed E-state index contributed by atoms with van der Waals surface area (Å²) >= 11 is 0. The standard InChI is InChI=1S/C14H12N2/c1-9-3-2-4-14-12(9)8-10-7-11(15)5-6-13(10)16-14/h2-8H,15H2,1H3. The lowest BCUT2D eigenvalue weighted by molar-refractivity contribution is 1.46. The number of nitrogens with two attached hydrogens (primary N) is 1. The summed E-state index contributed by atoms with van der Waals surface area (Å²) in [5.74, 6) is 0. The molecule has 2 heteroatoms. The molecule has 1 heterocycles. The molecule has 0 spiro atoms. The lowest BCUT2D eigenvalue weighted by atomic mass is 10.1. The third kappa shape index (κ3) is 1.31. The van der Waals surface area contributed by atoms with Crippen molar-refractivity contribution in [3.8, 4) is 0 Å². The second kappa shape index (κ2) is 3.20. The van der Waals surface area contributed by atoms with E-state index in [1.807, 2.05) is 30.3 Å². The van der Waals surface area contributed by atoms with Crippen LogP contribution < -0.4 is 5.73 Å². The van der Waals surface area contributed by atoms with Gasteiger partial charge in [-0.25, -0.2) is 4.98 Å². The fourth-order valence-corrected chi connectivity index (χ4v) is 2.03. The largest absolute Gasteiger partial charge is 0.399 e. The highest BCUT2D eigenvalue weighted by molar-refractivity contribution is 5.95. The van der Waals surface area contributed by atoms with E-state index in [-0.39, 0.29) is 0 Å². The highest BCUT2D eigenvalue weighted by Gasteiger charge is 2.01. The molecule has 0 aliphatic rings. The van der Waals surface area contributed by atoms with Crippen LogP contribution >= 0.6 is 0 Å². The summed E-state index contributed by atoms with van der Waals surface area (Å²) in [5.41, 5.74) is 9.83. The van der Waals surface area contributed by atoms with Crippen LogP contribution in [-0.4, -0.2) is 4.98 Å². The van der Waals surface area contributed by atoms with E-state index in [4.69, 9.17) is 5.73 Å². The molecule has 0 amide bonds. The number of aryl methyl sites for hydroxylation is 1. The summed E-state index contributed by atoms with van der Waals surface area (Å²) in [6, 6.07) is 14.1. The molecule has 1 aromatic heterocycles. The molecule has 3 rings (SSSR count). The predicted octanol–water partition coefficient (Wildman–Crippen LogP) is 3.28. The average molecular weight is 208 g/mol. The van der Waals surface area contributed by atoms with Gasteiger partial charge in [-0.3, -0.25) is 0 Å². The zero-order valence-electron chi connectivity index (χ0n) is 9.07. The van der Waals surface area contributed by atoms with Crippen molar-refractivity contribution in [2.24, 2.45) is 0 Å². The minimum Gasteiger partial charge on any atom is -0.399 e. The van der Waals surface area contributed by atoms with Gasteiger partial charge in [0.1, 0.15) is 0 Å². The number of pyridine rings is 1. The molecule has 2 nitrogen and oxygen atoms in total. The smallest absolute Gasteiger partial charge is 0.0712 e. The van der Waals surface area contributed by atoms with Crippen LogP contribution in [0.4, 0.5) is 5.69 Å². The SMILES string of the molecule is Cc1cccc2nc3ccc(N)cc3cc12. The molecule has 0 unspecified atom stereocenters. The summed E-state index contributed by atoms with van der Waals surface area (Å²) in [5, 5.41) is 2.29. The highest BCUT2D eigenvalue weighted by atomic mass is 14.7. The van der Waals surface area contributed by atoms with Gasteiger partial charge < -0.3 is 5.73 Å². The van der Waals surface area contributed by atoms with E-state index in [2.05, 4.69) is 24.0 Å². The molecule has 3 aromatic rings. The van der Waals surface area contributed by atoms with Gasteiger partial charge in [0.15, 0.2) is 0 Å². The Morgan fingerprint density at radius 3 is 2.75 bits per heavy atom. The molecule has 0 aliphatic heterocycles. The molecule has 0 radical (unpaired) electrons. The highest BCUT2D eigenvalue weighted by Crippen LogP contribution is 2.23. The summed E-state index contributed by atoms with van der Waals surface area (Å²) in [4.78, 5) is 4.62. The van der Waals surface area contributed by atoms with Crippen LogP contribution in [0.5, 0.6) is 0 Å². The van der Waals surface area contributed by atoms with Gasteiger partial charge in [-0.1, -0.05) is 12.1 Å². The summed E-state index contributed by atoms with van der Waals surface area (Å²) in [7, 11) is 0. The van der Waals surface area contributed by atoms with Crippen LogP contribution in [0, 0.1) is 6.92 Å². The van der Waals surface area contributed by atoms with Crippen LogP contribution in [0.15, 0.2) is 42.5 Å². The van der Waals surface area contributed by atoms with Gasteiger partial charge in [-0.2, -0.15) is 0 Å². The van der Waals surface area contributed by atoms with Crippen LogP contribution in [0.1, 0.15) is 5.56 Å². The van der Waals surface area contributed by atoms with Gasteiger partial charge in [0, 0.05) is 16.5 Å². The number of benzene rings is 2. The Balaban J connectivity index is 2.49. The van der Waals surface area contributed by atoms with Gasteiger partial charge in [-0.05, 0) is 42.8 Å². The van der Waals surface area contributed by atoms with Crippen LogP contribution in [0.2, 0.25) is 0 Å². The van der Waals surface area contributed by atoms with Crippen molar-refractivity contribution in [3.05, 3.63) is 48.0 Å². The van der Waals surface area contributed by atoms with Crippen molar-refractivity contribution in [1.29, 1.82) is 0 Å². The number of rotatable bonds is 0. The number of anilines is 1. The van der Waals surface area contributed by atoms with Crippen LogP contribution in [0.25, 0.3) is 21.8 Å². The zero-order chi connectivity index (χ0) is 11.1. The predicted molar refractivity (Wildman–Crippen MR) is 68.4 cm³/mol. The minimum atomic E-state index is 0.780. The first-order chi connectivity index (χ1) is 7.74. The number of fused-ring (bicyclic) bond motifs is 2. The first-order valence-electron chi connectivity index (χ1n) is 5.30. The molecule has 16 heavy (non-hydrogen) atoms. The van der Waals surface area contributed by atoms with Crippen LogP contribution in [0.3, 0.4) is 0 Å². The quantitative estimate of drug-likeness (QED) is 0.455. The van der Waals surface area contributed by atoms with Gasteiger partial charge in [0.05, 0.1) is 11.0 Å². The van der Waals surface area contributed by atoms with Gasteiger partial charge in [-0.15, -0.1) is 0 Å². The lowest BCUT2D eigenvalue weighted by Gasteiger charge is -2.04. The molecule has 0 aliphatic carbocycles. The van der Waals surface area contributed by atoms with E-state index in [0.717, 1.165) is 22.1 Å². The van der Waals surface area contributed by atoms with E-state index >= 15 is 0 Å². The monoisotopic (exact) mass is 208 g/mol. The van der Waals surface area contributed by atoms with Gasteiger partial charge in [0.25, 0.3) is 0 Å². The molecule has 78 valence electrons. The fraction of sp³-hybridized carbons (Fsp3) is 0.0714. The molecule has 2 aromatic carbocycles. The molecule has 0 saturated carbocycles. The average Bonchev–Trinajstić information content (AvgIpc) is 2.28. The third-order valence-electron chi connectivity index (χ3n) is 2.89. The van der Waals surface area contributed by atoms with Gasteiger partial charge in [0.2, 0.25) is 0 Å². The second-order valence-corrected chi connectivity index (χ2v) is 4.08. The Morgan fingerprint density at radius 1 is 1.00 bits per heavy atom. The van der Waals surface area contributed by atoms with E-state index in [9.17, 15) is 0 Å². The van der Waals surface area contributed by atoms with Crippen molar-refractivity contribution in [2.75, 3.05) is 5.73 Å². The number of nitrogens with zero attached hydrogens (tertiary/aromatic N) is 1. The van der Waals surface area contributed by atoms with Crippen molar-refractivity contribution >= 4 is 27.5 Å². The van der Waals surface area contributed by atoms with Crippen molar-refractivity contribution in [1.82, 2.24) is 4.98 Å². The Labute approximate surface area is 93.7 Å². The number of hydrogen-bond acceptors (Lipinski definition) is 2. The van der Waals surface area contributed by atoms with E-state index in [1.165, 1.54) is 10.9 Å². The third-order valence-corrected chi connectivity index (χ3v) is 2.89. The molecule has 0 bridgehead atoms. The zero-order valence-corrected chi connectivity index (χ0v) is 9.07. The maximum Gasteiger partial charge on any atom is 0.0712 e. The lowest BCUT2D eigenvalue weighted by Crippen LogP contribution is -1.87. The second-order valence-electron chi connectivity index (χ2n) is 4.08. The molecule has 0 saturated heterocycles. The van der Waals surface area contributed by atoms with E-state index < -0.39 is 0 Å².